The molecule has 2 aromatic carbocycles. The molecule has 0 aliphatic heterocycles. The third kappa shape index (κ3) is 3.32. The highest BCUT2D eigenvalue weighted by Crippen LogP contribution is 2.32. The van der Waals surface area contributed by atoms with Gasteiger partial charge in [-0.3, -0.25) is 14.9 Å². The Balaban J connectivity index is 2.41. The molecule has 2 rings (SSSR count). The lowest BCUT2D eigenvalue weighted by Crippen LogP contribution is -1.98. The van der Waals surface area contributed by atoms with Crippen molar-refractivity contribution in [3.63, 3.8) is 0 Å². The topological polar surface area (TPSA) is 69.4 Å². The van der Waals surface area contributed by atoms with Crippen LogP contribution in [0.4, 0.5) is 5.69 Å². The molecule has 0 atom stereocenters. The maximum Gasteiger partial charge on any atom is 0.312 e. The molecule has 0 aliphatic carbocycles. The van der Waals surface area contributed by atoms with Gasteiger partial charge in [-0.1, -0.05) is 6.07 Å². The first kappa shape index (κ1) is 14.4. The van der Waals surface area contributed by atoms with Crippen LogP contribution in [0.5, 0.6) is 11.5 Å². The molecule has 0 spiro atoms. The summed E-state index contributed by atoms with van der Waals surface area (Å²) in [5.41, 5.74) is 0.0586. The van der Waals surface area contributed by atoms with Gasteiger partial charge < -0.3 is 4.74 Å². The minimum atomic E-state index is -0.560. The normalized spacial score (nSPS) is 10.1. The van der Waals surface area contributed by atoms with Crippen LogP contribution in [0, 0.1) is 13.7 Å². The van der Waals surface area contributed by atoms with Crippen LogP contribution in [0.15, 0.2) is 42.5 Å². The first-order valence-electron chi connectivity index (χ1n) is 5.70. The molecule has 5 nitrogen and oxygen atoms in total. The summed E-state index contributed by atoms with van der Waals surface area (Å²) < 4.78 is 6.49. The zero-order chi connectivity index (χ0) is 14.7. The highest BCUT2D eigenvalue weighted by atomic mass is 127. The molecule has 102 valence electrons. The van der Waals surface area contributed by atoms with Gasteiger partial charge in [0.15, 0.2) is 5.78 Å². The zero-order valence-electron chi connectivity index (χ0n) is 10.5. The Morgan fingerprint density at radius 2 is 2.00 bits per heavy atom. The Morgan fingerprint density at radius 1 is 1.25 bits per heavy atom. The van der Waals surface area contributed by atoms with Crippen LogP contribution in [0.3, 0.4) is 0 Å². The highest BCUT2D eigenvalue weighted by molar-refractivity contribution is 14.1. The van der Waals surface area contributed by atoms with Crippen molar-refractivity contribution in [2.75, 3.05) is 0 Å². The van der Waals surface area contributed by atoms with Crippen LogP contribution in [0.1, 0.15) is 17.3 Å². The fraction of sp³-hybridized carbons (Fsp3) is 0.0714. The maximum atomic E-state index is 11.3. The Labute approximate surface area is 128 Å². The monoisotopic (exact) mass is 383 g/mol. The van der Waals surface area contributed by atoms with Gasteiger partial charge in [0.25, 0.3) is 0 Å². The van der Waals surface area contributed by atoms with E-state index in [4.69, 9.17) is 4.74 Å². The summed E-state index contributed by atoms with van der Waals surface area (Å²) in [7, 11) is 0. The molecule has 0 aliphatic rings. The lowest BCUT2D eigenvalue weighted by Gasteiger charge is -2.07. The third-order valence-electron chi connectivity index (χ3n) is 2.59. The molecule has 0 amide bonds. The summed E-state index contributed by atoms with van der Waals surface area (Å²) in [6.07, 6.45) is 0. The van der Waals surface area contributed by atoms with Crippen LogP contribution in [-0.2, 0) is 0 Å². The first-order valence-corrected chi connectivity index (χ1v) is 6.78. The summed E-state index contributed by atoms with van der Waals surface area (Å²) in [4.78, 5) is 21.8. The number of nitro benzene ring substituents is 1. The lowest BCUT2D eigenvalue weighted by molar-refractivity contribution is -0.385. The lowest BCUT2D eigenvalue weighted by atomic mass is 10.1. The molecule has 0 radical (unpaired) electrons. The molecular weight excluding hydrogens is 373 g/mol. The molecule has 6 heteroatoms. The van der Waals surface area contributed by atoms with Crippen molar-refractivity contribution in [1.29, 1.82) is 0 Å². The summed E-state index contributed by atoms with van der Waals surface area (Å²) in [5.74, 6) is 0.395. The fourth-order valence-electron chi connectivity index (χ4n) is 1.62. The first-order chi connectivity index (χ1) is 9.47. The van der Waals surface area contributed by atoms with Gasteiger partial charge >= 0.3 is 5.69 Å². The average molecular weight is 383 g/mol. The van der Waals surface area contributed by atoms with E-state index in [2.05, 4.69) is 22.6 Å². The number of Topliss-reactive ketones (excluding diaryl/α,β-unsaturated/α-hetero) is 1. The zero-order valence-corrected chi connectivity index (χ0v) is 12.7. The molecule has 20 heavy (non-hydrogen) atoms. The van der Waals surface area contributed by atoms with Gasteiger partial charge in [0.1, 0.15) is 5.75 Å². The minimum Gasteiger partial charge on any atom is -0.450 e. The Hall–Kier alpha value is -1.96. The number of hydrogen-bond donors (Lipinski definition) is 0. The molecule has 0 fully saturated rings. The number of benzene rings is 2. The van der Waals surface area contributed by atoms with Crippen LogP contribution in [0.2, 0.25) is 0 Å². The van der Waals surface area contributed by atoms with E-state index in [1.807, 2.05) is 6.07 Å². The summed E-state index contributed by atoms with van der Waals surface area (Å²) >= 11 is 2.13. The largest absolute Gasteiger partial charge is 0.450 e. The van der Waals surface area contributed by atoms with Gasteiger partial charge in [-0.25, -0.2) is 0 Å². The molecular formula is C14H10INO4. The standard InChI is InChI=1S/C14H10INO4/c1-9(17)10-5-6-14(13(7-10)16(18)19)20-12-4-2-3-11(15)8-12/h2-8H,1H3. The number of carbonyl (C=O) groups excluding carboxylic acids is 1. The van der Waals surface area contributed by atoms with Gasteiger partial charge in [-0.2, -0.15) is 0 Å². The van der Waals surface area contributed by atoms with Gasteiger partial charge in [-0.15, -0.1) is 0 Å². The van der Waals surface area contributed by atoms with E-state index >= 15 is 0 Å². The van der Waals surface area contributed by atoms with Crippen molar-refractivity contribution in [3.05, 3.63) is 61.7 Å². The summed E-state index contributed by atoms with van der Waals surface area (Å²) in [6.45, 7) is 1.36. The van der Waals surface area contributed by atoms with Gasteiger partial charge in [0.2, 0.25) is 5.75 Å². The van der Waals surface area contributed by atoms with Crippen LogP contribution < -0.4 is 4.74 Å². The molecule has 0 bridgehead atoms. The average Bonchev–Trinajstić information content (AvgIpc) is 2.38. The molecule has 0 heterocycles. The number of nitrogens with zero attached hydrogens (tertiary/aromatic N) is 1. The second kappa shape index (κ2) is 6.00. The fourth-order valence-corrected chi connectivity index (χ4v) is 2.14. The van der Waals surface area contributed by atoms with Crippen LogP contribution >= 0.6 is 22.6 Å². The van der Waals surface area contributed by atoms with Crippen LogP contribution in [0.25, 0.3) is 0 Å². The molecule has 0 unspecified atom stereocenters. The van der Waals surface area contributed by atoms with Crippen molar-refractivity contribution < 1.29 is 14.5 Å². The molecule has 2 aromatic rings. The Morgan fingerprint density at radius 3 is 2.60 bits per heavy atom. The van der Waals surface area contributed by atoms with E-state index in [1.165, 1.54) is 25.1 Å². The van der Waals surface area contributed by atoms with Gasteiger partial charge in [0, 0.05) is 15.2 Å². The van der Waals surface area contributed by atoms with E-state index in [0.717, 1.165) is 3.57 Å². The predicted molar refractivity (Wildman–Crippen MR) is 82.3 cm³/mol. The van der Waals surface area contributed by atoms with Gasteiger partial charge in [-0.05, 0) is 59.8 Å². The third-order valence-corrected chi connectivity index (χ3v) is 3.26. The van der Waals surface area contributed by atoms with Crippen molar-refractivity contribution in [2.24, 2.45) is 0 Å². The number of rotatable bonds is 4. The maximum absolute atomic E-state index is 11.3. The number of carbonyl (C=O) groups is 1. The summed E-state index contributed by atoms with van der Waals surface area (Å²) in [6, 6.07) is 11.3. The Kier molecular flexibility index (Phi) is 4.33. The van der Waals surface area contributed by atoms with E-state index in [1.54, 1.807) is 18.2 Å². The van der Waals surface area contributed by atoms with E-state index < -0.39 is 4.92 Å². The molecule has 0 aromatic heterocycles. The molecule has 0 saturated carbocycles. The second-order valence-electron chi connectivity index (χ2n) is 4.06. The second-order valence-corrected chi connectivity index (χ2v) is 5.30. The summed E-state index contributed by atoms with van der Waals surface area (Å²) in [5, 5.41) is 11.1. The molecule has 0 saturated heterocycles. The highest BCUT2D eigenvalue weighted by Gasteiger charge is 2.18. The van der Waals surface area contributed by atoms with Crippen molar-refractivity contribution in [2.45, 2.75) is 6.92 Å². The van der Waals surface area contributed by atoms with Gasteiger partial charge in [0.05, 0.1) is 4.92 Å². The van der Waals surface area contributed by atoms with Crippen molar-refractivity contribution in [3.8, 4) is 11.5 Å². The van der Waals surface area contributed by atoms with E-state index in [-0.39, 0.29) is 22.8 Å². The number of ether oxygens (including phenoxy) is 1. The Bertz CT molecular complexity index is 685. The number of nitro groups is 1. The predicted octanol–water partition coefficient (Wildman–Crippen LogP) is 4.19. The van der Waals surface area contributed by atoms with Crippen LogP contribution in [-0.4, -0.2) is 10.7 Å². The van der Waals surface area contributed by atoms with E-state index in [0.29, 0.717) is 5.75 Å². The number of hydrogen-bond acceptors (Lipinski definition) is 4. The SMILES string of the molecule is CC(=O)c1ccc(Oc2cccc(I)c2)c([N+](=O)[O-])c1. The number of halogens is 1. The minimum absolute atomic E-state index is 0.113. The quantitative estimate of drug-likeness (QED) is 0.344. The van der Waals surface area contributed by atoms with E-state index in [9.17, 15) is 14.9 Å². The van der Waals surface area contributed by atoms with Crippen molar-refractivity contribution >= 4 is 34.1 Å². The number of ketones is 1. The van der Waals surface area contributed by atoms with Crippen molar-refractivity contribution in [1.82, 2.24) is 0 Å². The molecule has 0 N–H and O–H groups in total. The smallest absolute Gasteiger partial charge is 0.312 e.